The number of hydrogen-bond acceptors (Lipinski definition) is 4. The lowest BCUT2D eigenvalue weighted by Crippen LogP contribution is -2.34. The number of hydrogen-bond donors (Lipinski definition) is 0. The molecular formula is C15H17ClN4OS. The SMILES string of the molecule is Cn1c(SCN2CCCCC2=O)nnc1-c1ccccc1Cl. The van der Waals surface area contributed by atoms with E-state index in [0.29, 0.717) is 17.3 Å². The summed E-state index contributed by atoms with van der Waals surface area (Å²) >= 11 is 7.75. The number of carbonyl (C=O) groups is 1. The first-order chi connectivity index (χ1) is 10.7. The normalized spacial score (nSPS) is 15.4. The molecule has 22 heavy (non-hydrogen) atoms. The Labute approximate surface area is 138 Å². The van der Waals surface area contributed by atoms with Crippen molar-refractivity contribution in [3.8, 4) is 11.4 Å². The lowest BCUT2D eigenvalue weighted by molar-refractivity contribution is -0.132. The highest BCUT2D eigenvalue weighted by Crippen LogP contribution is 2.28. The predicted octanol–water partition coefficient (Wildman–Crippen LogP) is 3.20. The fraction of sp³-hybridized carbons (Fsp3) is 0.400. The Hall–Kier alpha value is -1.53. The van der Waals surface area contributed by atoms with Crippen LogP contribution in [-0.4, -0.2) is 38.0 Å². The van der Waals surface area contributed by atoms with Crippen molar-refractivity contribution in [1.29, 1.82) is 0 Å². The average Bonchev–Trinajstić information content (AvgIpc) is 2.88. The van der Waals surface area contributed by atoms with E-state index in [0.717, 1.165) is 35.9 Å². The zero-order valence-electron chi connectivity index (χ0n) is 12.3. The van der Waals surface area contributed by atoms with Crippen LogP contribution in [0.25, 0.3) is 11.4 Å². The maximum atomic E-state index is 11.8. The van der Waals surface area contributed by atoms with E-state index in [4.69, 9.17) is 11.6 Å². The van der Waals surface area contributed by atoms with E-state index >= 15 is 0 Å². The Bertz CT molecular complexity index is 688. The molecule has 1 aliphatic heterocycles. The van der Waals surface area contributed by atoms with E-state index in [-0.39, 0.29) is 5.91 Å². The van der Waals surface area contributed by atoms with E-state index in [1.165, 1.54) is 11.8 Å². The summed E-state index contributed by atoms with van der Waals surface area (Å²) in [5.41, 5.74) is 0.861. The molecular weight excluding hydrogens is 320 g/mol. The summed E-state index contributed by atoms with van der Waals surface area (Å²) in [5.74, 6) is 1.58. The van der Waals surface area contributed by atoms with Crippen molar-refractivity contribution >= 4 is 29.3 Å². The predicted molar refractivity (Wildman–Crippen MR) is 87.7 cm³/mol. The number of likely N-dealkylation sites (tertiary alicyclic amines) is 1. The Morgan fingerprint density at radius 1 is 1.27 bits per heavy atom. The van der Waals surface area contributed by atoms with Crippen molar-refractivity contribution in [2.45, 2.75) is 24.4 Å². The summed E-state index contributed by atoms with van der Waals surface area (Å²) in [4.78, 5) is 13.7. The van der Waals surface area contributed by atoms with Crippen LogP contribution in [0.2, 0.25) is 5.02 Å². The number of thioether (sulfide) groups is 1. The summed E-state index contributed by atoms with van der Waals surface area (Å²) in [6, 6.07) is 7.58. The molecule has 0 bridgehead atoms. The van der Waals surface area contributed by atoms with Gasteiger partial charge in [-0.25, -0.2) is 0 Å². The minimum Gasteiger partial charge on any atom is -0.333 e. The highest BCUT2D eigenvalue weighted by Gasteiger charge is 2.19. The molecule has 1 fully saturated rings. The first-order valence-electron chi connectivity index (χ1n) is 7.21. The molecule has 0 N–H and O–H groups in total. The van der Waals surface area contributed by atoms with E-state index in [2.05, 4.69) is 10.2 Å². The van der Waals surface area contributed by atoms with Crippen LogP contribution >= 0.6 is 23.4 Å². The molecule has 0 spiro atoms. The fourth-order valence-electron chi connectivity index (χ4n) is 2.45. The van der Waals surface area contributed by atoms with Gasteiger partial charge < -0.3 is 9.47 Å². The quantitative estimate of drug-likeness (QED) is 0.804. The highest BCUT2D eigenvalue weighted by molar-refractivity contribution is 7.99. The molecule has 7 heteroatoms. The molecule has 5 nitrogen and oxygen atoms in total. The van der Waals surface area contributed by atoms with Gasteiger partial charge in [-0.3, -0.25) is 4.79 Å². The van der Waals surface area contributed by atoms with Gasteiger partial charge in [0.2, 0.25) is 5.91 Å². The molecule has 3 rings (SSSR count). The summed E-state index contributed by atoms with van der Waals surface area (Å²) in [7, 11) is 1.92. The first kappa shape index (κ1) is 15.4. The summed E-state index contributed by atoms with van der Waals surface area (Å²) in [6.45, 7) is 0.834. The van der Waals surface area contributed by atoms with Crippen LogP contribution in [0.1, 0.15) is 19.3 Å². The van der Waals surface area contributed by atoms with Gasteiger partial charge in [0.25, 0.3) is 0 Å². The van der Waals surface area contributed by atoms with Crippen molar-refractivity contribution < 1.29 is 4.79 Å². The largest absolute Gasteiger partial charge is 0.333 e. The second kappa shape index (κ2) is 6.71. The van der Waals surface area contributed by atoms with Crippen LogP contribution in [0.3, 0.4) is 0 Å². The van der Waals surface area contributed by atoms with E-state index in [1.54, 1.807) is 0 Å². The number of benzene rings is 1. The van der Waals surface area contributed by atoms with Gasteiger partial charge >= 0.3 is 0 Å². The lowest BCUT2D eigenvalue weighted by Gasteiger charge is -2.25. The van der Waals surface area contributed by atoms with Crippen molar-refractivity contribution in [2.75, 3.05) is 12.4 Å². The summed E-state index contributed by atoms with van der Waals surface area (Å²) in [6.07, 6.45) is 2.74. The molecule has 0 aliphatic carbocycles. The fourth-order valence-corrected chi connectivity index (χ4v) is 3.59. The third-order valence-electron chi connectivity index (χ3n) is 3.72. The molecule has 0 unspecified atom stereocenters. The molecule has 2 aromatic rings. The molecule has 1 amide bonds. The number of nitrogens with zero attached hydrogens (tertiary/aromatic N) is 4. The number of halogens is 1. The van der Waals surface area contributed by atoms with Crippen molar-refractivity contribution in [2.24, 2.45) is 7.05 Å². The van der Waals surface area contributed by atoms with Crippen LogP contribution in [0.5, 0.6) is 0 Å². The Balaban J connectivity index is 1.74. The minimum absolute atomic E-state index is 0.229. The molecule has 2 heterocycles. The van der Waals surface area contributed by atoms with Crippen molar-refractivity contribution in [3.63, 3.8) is 0 Å². The molecule has 1 aromatic carbocycles. The Morgan fingerprint density at radius 3 is 2.86 bits per heavy atom. The third kappa shape index (κ3) is 3.13. The van der Waals surface area contributed by atoms with E-state index < -0.39 is 0 Å². The standard InChI is InChI=1S/C15H17ClN4OS/c1-19-14(11-6-2-3-7-12(11)16)17-18-15(19)22-10-20-9-5-4-8-13(20)21/h2-3,6-7H,4-5,8-10H2,1H3. The second-order valence-electron chi connectivity index (χ2n) is 5.23. The monoisotopic (exact) mass is 336 g/mol. The van der Waals surface area contributed by atoms with Gasteiger partial charge in [0, 0.05) is 25.6 Å². The summed E-state index contributed by atoms with van der Waals surface area (Å²) in [5, 5.41) is 9.89. The number of rotatable bonds is 4. The van der Waals surface area contributed by atoms with Crippen molar-refractivity contribution in [1.82, 2.24) is 19.7 Å². The average molecular weight is 337 g/mol. The number of piperidine rings is 1. The van der Waals surface area contributed by atoms with Crippen molar-refractivity contribution in [3.05, 3.63) is 29.3 Å². The third-order valence-corrected chi connectivity index (χ3v) is 5.10. The highest BCUT2D eigenvalue weighted by atomic mass is 35.5. The molecule has 116 valence electrons. The number of amides is 1. The summed E-state index contributed by atoms with van der Waals surface area (Å²) < 4.78 is 1.92. The zero-order chi connectivity index (χ0) is 15.5. The molecule has 1 saturated heterocycles. The van der Waals surface area contributed by atoms with Crippen LogP contribution in [0.15, 0.2) is 29.4 Å². The maximum absolute atomic E-state index is 11.8. The van der Waals surface area contributed by atoms with Gasteiger partial charge in [-0.1, -0.05) is 35.5 Å². The van der Waals surface area contributed by atoms with Gasteiger partial charge in [0.05, 0.1) is 10.9 Å². The molecule has 0 radical (unpaired) electrons. The smallest absolute Gasteiger partial charge is 0.223 e. The zero-order valence-corrected chi connectivity index (χ0v) is 13.9. The van der Waals surface area contributed by atoms with E-state index in [9.17, 15) is 4.79 Å². The second-order valence-corrected chi connectivity index (χ2v) is 6.55. The van der Waals surface area contributed by atoms with Gasteiger partial charge in [0.1, 0.15) is 0 Å². The van der Waals surface area contributed by atoms with Gasteiger partial charge in [0.15, 0.2) is 11.0 Å². The minimum atomic E-state index is 0.229. The van der Waals surface area contributed by atoms with Crippen LogP contribution < -0.4 is 0 Å². The molecule has 0 saturated carbocycles. The Kier molecular flexibility index (Phi) is 4.69. The van der Waals surface area contributed by atoms with Crippen LogP contribution in [-0.2, 0) is 11.8 Å². The van der Waals surface area contributed by atoms with Gasteiger partial charge in [-0.05, 0) is 25.0 Å². The molecule has 1 aromatic heterocycles. The number of carbonyl (C=O) groups excluding carboxylic acids is 1. The van der Waals surface area contributed by atoms with E-state index in [1.807, 2.05) is 40.8 Å². The lowest BCUT2D eigenvalue weighted by atomic mass is 10.1. The van der Waals surface area contributed by atoms with Gasteiger partial charge in [-0.15, -0.1) is 10.2 Å². The molecule has 0 atom stereocenters. The van der Waals surface area contributed by atoms with Gasteiger partial charge in [-0.2, -0.15) is 0 Å². The maximum Gasteiger partial charge on any atom is 0.223 e. The first-order valence-corrected chi connectivity index (χ1v) is 8.58. The van der Waals surface area contributed by atoms with Crippen LogP contribution in [0, 0.1) is 0 Å². The number of aromatic nitrogens is 3. The Morgan fingerprint density at radius 2 is 2.09 bits per heavy atom. The topological polar surface area (TPSA) is 51.0 Å². The van der Waals surface area contributed by atoms with Crippen LogP contribution in [0.4, 0.5) is 0 Å². The molecule has 1 aliphatic rings.